The molecule has 0 saturated carbocycles. The van der Waals surface area contributed by atoms with Crippen LogP contribution in [0.3, 0.4) is 0 Å². The average Bonchev–Trinajstić information content (AvgIpc) is 2.35. The molecule has 1 heterocycles. The van der Waals surface area contributed by atoms with Gasteiger partial charge in [0.25, 0.3) is 0 Å². The first-order valence-corrected chi connectivity index (χ1v) is 7.42. The van der Waals surface area contributed by atoms with Crippen molar-refractivity contribution in [2.75, 3.05) is 19.7 Å². The van der Waals surface area contributed by atoms with Crippen molar-refractivity contribution in [3.8, 4) is 0 Å². The molecule has 1 aromatic heterocycles. The number of sulfonamides is 1. The van der Waals surface area contributed by atoms with E-state index in [1.807, 2.05) is 6.92 Å². The van der Waals surface area contributed by atoms with E-state index in [2.05, 4.69) is 9.97 Å². The third-order valence-electron chi connectivity index (χ3n) is 2.34. The summed E-state index contributed by atoms with van der Waals surface area (Å²) in [7, 11) is -3.66. The van der Waals surface area contributed by atoms with Gasteiger partial charge in [0.15, 0.2) is 0 Å². The predicted molar refractivity (Wildman–Crippen MR) is 67.8 cm³/mol. The Bertz CT molecular complexity index is 464. The minimum Gasteiger partial charge on any atom is -0.395 e. The lowest BCUT2D eigenvalue weighted by molar-refractivity contribution is 0.252. The highest BCUT2D eigenvalue weighted by Crippen LogP contribution is 2.15. The van der Waals surface area contributed by atoms with Crippen molar-refractivity contribution in [3.05, 3.63) is 17.7 Å². The molecule has 0 aliphatic carbocycles. The van der Waals surface area contributed by atoms with Crippen LogP contribution in [0.25, 0.3) is 0 Å². The van der Waals surface area contributed by atoms with Crippen LogP contribution in [0.4, 0.5) is 0 Å². The predicted octanol–water partition coefficient (Wildman–Crippen LogP) is 0.913. The second kappa shape index (κ2) is 6.98. The molecule has 8 heteroatoms. The van der Waals surface area contributed by atoms with Gasteiger partial charge in [-0.05, 0) is 18.0 Å². The maximum Gasteiger partial charge on any atom is 0.246 e. The lowest BCUT2D eigenvalue weighted by Gasteiger charge is -2.20. The largest absolute Gasteiger partial charge is 0.395 e. The topological polar surface area (TPSA) is 83.4 Å². The second-order valence-corrected chi connectivity index (χ2v) is 5.95. The molecule has 102 valence electrons. The quantitative estimate of drug-likeness (QED) is 0.756. The fourth-order valence-corrected chi connectivity index (χ4v) is 2.84. The van der Waals surface area contributed by atoms with Crippen molar-refractivity contribution in [1.82, 2.24) is 14.3 Å². The zero-order valence-corrected chi connectivity index (χ0v) is 11.7. The van der Waals surface area contributed by atoms with E-state index in [-0.39, 0.29) is 23.3 Å². The summed E-state index contributed by atoms with van der Waals surface area (Å²) in [5.74, 6) is 0. The molecule has 18 heavy (non-hydrogen) atoms. The van der Waals surface area contributed by atoms with Crippen LogP contribution in [-0.4, -0.2) is 47.5 Å². The minimum atomic E-state index is -3.66. The number of aromatic nitrogens is 2. The van der Waals surface area contributed by atoms with Crippen LogP contribution in [-0.2, 0) is 10.0 Å². The van der Waals surface area contributed by atoms with Gasteiger partial charge in [-0.3, -0.25) is 0 Å². The third-order valence-corrected chi connectivity index (χ3v) is 4.39. The summed E-state index contributed by atoms with van der Waals surface area (Å²) in [6.45, 7) is 2.17. The number of aliphatic hydroxyl groups is 1. The number of hydrogen-bond acceptors (Lipinski definition) is 5. The van der Waals surface area contributed by atoms with Crippen LogP contribution in [0.15, 0.2) is 17.3 Å². The Morgan fingerprint density at radius 2 is 1.94 bits per heavy atom. The molecule has 0 bridgehead atoms. The van der Waals surface area contributed by atoms with E-state index in [1.165, 1.54) is 16.7 Å². The molecule has 1 aromatic rings. The first kappa shape index (κ1) is 15.3. The van der Waals surface area contributed by atoms with Crippen LogP contribution in [0, 0.1) is 0 Å². The maximum absolute atomic E-state index is 12.2. The van der Waals surface area contributed by atoms with Crippen LogP contribution in [0.2, 0.25) is 5.28 Å². The summed E-state index contributed by atoms with van der Waals surface area (Å²) in [5.41, 5.74) is 0. The second-order valence-electron chi connectivity index (χ2n) is 3.67. The molecule has 6 nitrogen and oxygen atoms in total. The lowest BCUT2D eigenvalue weighted by atomic mass is 10.3. The minimum absolute atomic E-state index is 0.00350. The maximum atomic E-state index is 12.2. The number of aliphatic hydroxyl groups excluding tert-OH is 1. The van der Waals surface area contributed by atoms with Crippen LogP contribution < -0.4 is 0 Å². The fraction of sp³-hybridized carbons (Fsp3) is 0.600. The van der Waals surface area contributed by atoms with E-state index in [0.717, 1.165) is 12.8 Å². The summed E-state index contributed by atoms with van der Waals surface area (Å²) in [6.07, 6.45) is 3.93. The molecule has 0 radical (unpaired) electrons. The summed E-state index contributed by atoms with van der Waals surface area (Å²) >= 11 is 5.52. The van der Waals surface area contributed by atoms with Gasteiger partial charge in [0.05, 0.1) is 19.0 Å². The molecule has 0 aliphatic heterocycles. The van der Waals surface area contributed by atoms with E-state index in [0.29, 0.717) is 6.54 Å². The molecule has 0 atom stereocenters. The highest BCUT2D eigenvalue weighted by atomic mass is 35.5. The molecule has 1 rings (SSSR count). The summed E-state index contributed by atoms with van der Waals surface area (Å²) in [5, 5.41) is 8.93. The number of unbranched alkanes of at least 4 members (excludes halogenated alkanes) is 1. The van der Waals surface area contributed by atoms with Crippen molar-refractivity contribution in [2.24, 2.45) is 0 Å². The van der Waals surface area contributed by atoms with E-state index in [1.54, 1.807) is 0 Å². The molecule has 0 spiro atoms. The molecule has 0 fully saturated rings. The van der Waals surface area contributed by atoms with Gasteiger partial charge in [-0.25, -0.2) is 18.4 Å². The lowest BCUT2D eigenvalue weighted by Crippen LogP contribution is -2.34. The van der Waals surface area contributed by atoms with Crippen molar-refractivity contribution in [1.29, 1.82) is 0 Å². The molecule has 0 aliphatic rings. The number of rotatable bonds is 7. The van der Waals surface area contributed by atoms with E-state index in [4.69, 9.17) is 16.7 Å². The highest BCUT2D eigenvalue weighted by molar-refractivity contribution is 7.89. The van der Waals surface area contributed by atoms with Crippen LogP contribution >= 0.6 is 11.6 Å². The van der Waals surface area contributed by atoms with Gasteiger partial charge in [-0.2, -0.15) is 4.31 Å². The Morgan fingerprint density at radius 1 is 1.33 bits per heavy atom. The van der Waals surface area contributed by atoms with Crippen LogP contribution in [0.5, 0.6) is 0 Å². The zero-order chi connectivity index (χ0) is 13.6. The molecular formula is C10H16ClN3O3S. The first-order chi connectivity index (χ1) is 8.52. The smallest absolute Gasteiger partial charge is 0.246 e. The monoisotopic (exact) mass is 293 g/mol. The van der Waals surface area contributed by atoms with Gasteiger partial charge in [0, 0.05) is 13.1 Å². The van der Waals surface area contributed by atoms with Gasteiger partial charge in [0.2, 0.25) is 15.3 Å². The number of halogens is 1. The number of hydrogen-bond donors (Lipinski definition) is 1. The summed E-state index contributed by atoms with van der Waals surface area (Å²) in [6, 6.07) is 0. The molecule has 0 amide bonds. The fourth-order valence-electron chi connectivity index (χ4n) is 1.38. The van der Waals surface area contributed by atoms with Crippen molar-refractivity contribution < 1.29 is 13.5 Å². The average molecular weight is 294 g/mol. The molecule has 0 aromatic carbocycles. The normalized spacial score (nSPS) is 12.0. The van der Waals surface area contributed by atoms with E-state index in [9.17, 15) is 8.42 Å². The Kier molecular flexibility index (Phi) is 5.94. The van der Waals surface area contributed by atoms with Crippen molar-refractivity contribution in [3.63, 3.8) is 0 Å². The standard InChI is InChI=1S/C10H16ClN3O3S/c1-2-3-4-14(5-6-15)18(16,17)9-7-12-10(11)13-8-9/h7-8,15H,2-6H2,1H3. The Morgan fingerprint density at radius 3 is 2.44 bits per heavy atom. The Labute approximate surface area is 112 Å². The Hall–Kier alpha value is -0.760. The number of nitrogens with zero attached hydrogens (tertiary/aromatic N) is 3. The van der Waals surface area contributed by atoms with Crippen molar-refractivity contribution in [2.45, 2.75) is 24.7 Å². The SMILES string of the molecule is CCCCN(CCO)S(=O)(=O)c1cnc(Cl)nc1. The van der Waals surface area contributed by atoms with Crippen LogP contribution in [0.1, 0.15) is 19.8 Å². The van der Waals surface area contributed by atoms with Gasteiger partial charge < -0.3 is 5.11 Å². The first-order valence-electron chi connectivity index (χ1n) is 5.61. The molecule has 0 saturated heterocycles. The third kappa shape index (κ3) is 3.88. The van der Waals surface area contributed by atoms with E-state index < -0.39 is 10.0 Å². The molecule has 1 N–H and O–H groups in total. The van der Waals surface area contributed by atoms with E-state index >= 15 is 0 Å². The van der Waals surface area contributed by atoms with Gasteiger partial charge in [-0.15, -0.1) is 0 Å². The zero-order valence-electron chi connectivity index (χ0n) is 10.1. The Balaban J connectivity index is 2.96. The summed E-state index contributed by atoms with van der Waals surface area (Å²) < 4.78 is 25.7. The van der Waals surface area contributed by atoms with Gasteiger partial charge in [-0.1, -0.05) is 13.3 Å². The van der Waals surface area contributed by atoms with Gasteiger partial charge >= 0.3 is 0 Å². The molecular weight excluding hydrogens is 278 g/mol. The summed E-state index contributed by atoms with van der Waals surface area (Å²) in [4.78, 5) is 7.29. The van der Waals surface area contributed by atoms with Gasteiger partial charge in [0.1, 0.15) is 4.90 Å². The van der Waals surface area contributed by atoms with Crippen molar-refractivity contribution >= 4 is 21.6 Å². The highest BCUT2D eigenvalue weighted by Gasteiger charge is 2.24. The molecule has 0 unspecified atom stereocenters.